The molecule has 0 amide bonds. The molecule has 0 aromatic heterocycles. The van der Waals surface area contributed by atoms with Crippen LogP contribution in [-0.2, 0) is 0 Å². The molecule has 2 bridgehead atoms. The smallest absolute Gasteiger partial charge is 0.0116 e. The van der Waals surface area contributed by atoms with E-state index >= 15 is 0 Å². The summed E-state index contributed by atoms with van der Waals surface area (Å²) >= 11 is 2.10. The van der Waals surface area contributed by atoms with Crippen molar-refractivity contribution in [3.05, 3.63) is 0 Å². The highest BCUT2D eigenvalue weighted by atomic mass is 32.2. The average molecular weight is 285 g/mol. The van der Waals surface area contributed by atoms with Crippen molar-refractivity contribution in [3.8, 4) is 0 Å². The summed E-state index contributed by atoms with van der Waals surface area (Å²) in [6.07, 6.45) is 8.47. The fourth-order valence-corrected chi connectivity index (χ4v) is 4.94. The van der Waals surface area contributed by atoms with Crippen molar-refractivity contribution in [2.24, 2.45) is 0 Å². The van der Waals surface area contributed by atoms with Gasteiger partial charge in [0.15, 0.2) is 0 Å². The quantitative estimate of drug-likeness (QED) is 0.720. The highest BCUT2D eigenvalue weighted by Gasteiger charge is 2.39. The van der Waals surface area contributed by atoms with Gasteiger partial charge in [0.25, 0.3) is 0 Å². The molecule has 2 aliphatic rings. The molecule has 0 spiro atoms. The van der Waals surface area contributed by atoms with E-state index in [0.29, 0.717) is 0 Å². The minimum absolute atomic E-state index is 0.786. The molecule has 2 nitrogen and oxygen atoms in total. The van der Waals surface area contributed by atoms with E-state index in [9.17, 15) is 0 Å². The molecule has 2 rings (SSSR count). The minimum atomic E-state index is 0.786. The van der Waals surface area contributed by atoms with Crippen LogP contribution in [0.25, 0.3) is 0 Å². The van der Waals surface area contributed by atoms with Gasteiger partial charge < -0.3 is 5.32 Å². The Morgan fingerprint density at radius 2 is 1.89 bits per heavy atom. The van der Waals surface area contributed by atoms with E-state index in [-0.39, 0.29) is 0 Å². The zero-order valence-electron chi connectivity index (χ0n) is 13.0. The predicted octanol–water partition coefficient (Wildman–Crippen LogP) is 3.51. The second-order valence-corrected chi connectivity index (χ2v) is 7.64. The van der Waals surface area contributed by atoms with E-state index in [1.54, 1.807) is 0 Å². The molecule has 2 heterocycles. The van der Waals surface area contributed by atoms with E-state index in [1.165, 1.54) is 50.0 Å². The normalized spacial score (nSPS) is 33.3. The number of nitrogens with zero attached hydrogens (tertiary/aromatic N) is 1. The van der Waals surface area contributed by atoms with E-state index in [4.69, 9.17) is 0 Å². The lowest BCUT2D eigenvalue weighted by molar-refractivity contribution is -0.00573. The molecule has 0 radical (unpaired) electrons. The zero-order chi connectivity index (χ0) is 13.7. The largest absolute Gasteiger partial charge is 0.314 e. The first-order valence-electron chi connectivity index (χ1n) is 8.34. The lowest BCUT2D eigenvalue weighted by Gasteiger charge is -2.52. The molecule has 2 aliphatic heterocycles. The first-order chi connectivity index (χ1) is 9.26. The molecule has 1 N–H and O–H groups in total. The molecular formula is C16H32N2S. The molecule has 2 fully saturated rings. The number of nitrogens with one attached hydrogen (secondary N) is 1. The summed E-state index contributed by atoms with van der Waals surface area (Å²) in [5.41, 5.74) is 0. The van der Waals surface area contributed by atoms with Crippen molar-refractivity contribution in [3.63, 3.8) is 0 Å². The molecule has 19 heavy (non-hydrogen) atoms. The first kappa shape index (κ1) is 15.7. The van der Waals surface area contributed by atoms with E-state index < -0.39 is 0 Å². The maximum absolute atomic E-state index is 3.69. The van der Waals surface area contributed by atoms with Gasteiger partial charge in [-0.2, -0.15) is 11.8 Å². The maximum Gasteiger partial charge on any atom is 0.0116 e. The summed E-state index contributed by atoms with van der Waals surface area (Å²) in [4.78, 5) is 2.90. The third kappa shape index (κ3) is 4.12. The van der Waals surface area contributed by atoms with Gasteiger partial charge in [0, 0.05) is 24.2 Å². The molecule has 0 aromatic rings. The molecule has 3 unspecified atom stereocenters. The van der Waals surface area contributed by atoms with Crippen LogP contribution in [0.4, 0.5) is 0 Å². The van der Waals surface area contributed by atoms with E-state index in [2.05, 4.69) is 42.7 Å². The van der Waals surface area contributed by atoms with Crippen molar-refractivity contribution in [2.75, 3.05) is 18.1 Å². The van der Waals surface area contributed by atoms with Crippen LogP contribution in [0.3, 0.4) is 0 Å². The Bertz CT molecular complexity index is 245. The highest BCUT2D eigenvalue weighted by molar-refractivity contribution is 7.99. The van der Waals surface area contributed by atoms with Crippen LogP contribution in [-0.4, -0.2) is 47.1 Å². The maximum atomic E-state index is 3.69. The van der Waals surface area contributed by atoms with Crippen LogP contribution in [0.1, 0.15) is 59.3 Å². The van der Waals surface area contributed by atoms with Crippen molar-refractivity contribution < 1.29 is 0 Å². The molecule has 3 atom stereocenters. The van der Waals surface area contributed by atoms with Crippen molar-refractivity contribution in [1.82, 2.24) is 10.2 Å². The molecule has 0 aliphatic carbocycles. The number of thioether (sulfide) groups is 1. The summed E-state index contributed by atoms with van der Waals surface area (Å²) in [5, 5.41) is 3.69. The van der Waals surface area contributed by atoms with Crippen LogP contribution < -0.4 is 5.32 Å². The first-order valence-corrected chi connectivity index (χ1v) is 9.50. The highest BCUT2D eigenvalue weighted by Crippen LogP contribution is 2.36. The van der Waals surface area contributed by atoms with Gasteiger partial charge in [0.05, 0.1) is 0 Å². The summed E-state index contributed by atoms with van der Waals surface area (Å²) in [6.45, 7) is 8.11. The summed E-state index contributed by atoms with van der Waals surface area (Å²) in [6, 6.07) is 3.29. The SMILES string of the molecule is CCNC1CC2CCCC(C1)N2C(C)CCSCC. The Hall–Kier alpha value is 0.270. The van der Waals surface area contributed by atoms with Crippen LogP contribution in [0, 0.1) is 0 Å². The van der Waals surface area contributed by atoms with Gasteiger partial charge in [-0.15, -0.1) is 0 Å². The van der Waals surface area contributed by atoms with Gasteiger partial charge in [0.2, 0.25) is 0 Å². The topological polar surface area (TPSA) is 15.3 Å². The monoisotopic (exact) mass is 284 g/mol. The van der Waals surface area contributed by atoms with Gasteiger partial charge in [-0.1, -0.05) is 20.3 Å². The number of hydrogen-bond acceptors (Lipinski definition) is 3. The van der Waals surface area contributed by atoms with Crippen LogP contribution in [0.2, 0.25) is 0 Å². The van der Waals surface area contributed by atoms with Crippen LogP contribution in [0.5, 0.6) is 0 Å². The van der Waals surface area contributed by atoms with Gasteiger partial charge in [-0.05, 0) is 57.1 Å². The third-order valence-electron chi connectivity index (χ3n) is 4.92. The predicted molar refractivity (Wildman–Crippen MR) is 87.0 cm³/mol. The van der Waals surface area contributed by atoms with E-state index in [0.717, 1.165) is 30.7 Å². The lowest BCUT2D eigenvalue weighted by atomic mass is 9.80. The van der Waals surface area contributed by atoms with Gasteiger partial charge in [-0.25, -0.2) is 0 Å². The van der Waals surface area contributed by atoms with Crippen molar-refractivity contribution >= 4 is 11.8 Å². The minimum Gasteiger partial charge on any atom is -0.314 e. The Kier molecular flexibility index (Phi) is 6.51. The van der Waals surface area contributed by atoms with Crippen molar-refractivity contribution in [2.45, 2.75) is 83.5 Å². The third-order valence-corrected chi connectivity index (χ3v) is 5.85. The van der Waals surface area contributed by atoms with Gasteiger partial charge in [0.1, 0.15) is 0 Å². The van der Waals surface area contributed by atoms with Gasteiger partial charge in [-0.3, -0.25) is 4.90 Å². The van der Waals surface area contributed by atoms with Crippen molar-refractivity contribution in [1.29, 1.82) is 0 Å². The summed E-state index contributed by atoms with van der Waals surface area (Å²) in [7, 11) is 0. The molecular weight excluding hydrogens is 252 g/mol. The Morgan fingerprint density at radius 3 is 2.47 bits per heavy atom. The second-order valence-electron chi connectivity index (χ2n) is 6.25. The standard InChI is InChI=1S/C16H32N2S/c1-4-17-14-11-15-7-6-8-16(12-14)18(15)13(3)9-10-19-5-2/h13-17H,4-12H2,1-3H3. The zero-order valence-corrected chi connectivity index (χ0v) is 13.8. The molecule has 0 aromatic carbocycles. The fraction of sp³-hybridized carbons (Fsp3) is 1.00. The van der Waals surface area contributed by atoms with E-state index in [1.807, 2.05) is 0 Å². The fourth-order valence-electron chi connectivity index (χ4n) is 4.14. The Morgan fingerprint density at radius 1 is 1.21 bits per heavy atom. The number of hydrogen-bond donors (Lipinski definition) is 1. The second kappa shape index (κ2) is 7.90. The number of fused-ring (bicyclic) bond motifs is 2. The lowest BCUT2D eigenvalue weighted by Crippen LogP contribution is -2.59. The molecule has 0 saturated carbocycles. The molecule has 3 heteroatoms. The number of piperidine rings is 2. The van der Waals surface area contributed by atoms with Gasteiger partial charge >= 0.3 is 0 Å². The molecule has 112 valence electrons. The van der Waals surface area contributed by atoms with Crippen LogP contribution in [0.15, 0.2) is 0 Å². The summed E-state index contributed by atoms with van der Waals surface area (Å²) in [5.74, 6) is 2.60. The molecule has 2 saturated heterocycles. The average Bonchev–Trinajstić information content (AvgIpc) is 2.38. The van der Waals surface area contributed by atoms with Crippen LogP contribution >= 0.6 is 11.8 Å². The summed E-state index contributed by atoms with van der Waals surface area (Å²) < 4.78 is 0. The Labute approximate surface area is 124 Å². The number of rotatable bonds is 7. The Balaban J connectivity index is 1.89.